The van der Waals surface area contributed by atoms with E-state index in [4.69, 9.17) is 14.6 Å². The van der Waals surface area contributed by atoms with Crippen LogP contribution in [0.15, 0.2) is 6.07 Å². The van der Waals surface area contributed by atoms with E-state index in [2.05, 4.69) is 0 Å². The molecule has 1 aromatic rings. The Morgan fingerprint density at radius 3 is 1.50 bits per heavy atom. The number of phenols is 1. The van der Waals surface area contributed by atoms with Crippen molar-refractivity contribution in [3.63, 3.8) is 0 Å². The highest BCUT2D eigenvalue weighted by molar-refractivity contribution is 6.01. The molecule has 1 rings (SSSR count). The van der Waals surface area contributed by atoms with Gasteiger partial charge in [0.05, 0.1) is 19.8 Å². The first-order valence-electron chi connectivity index (χ1n) is 13.6. The van der Waals surface area contributed by atoms with Crippen LogP contribution in [-0.2, 0) is 0 Å². The molecule has 0 fully saturated rings. The fourth-order valence-corrected chi connectivity index (χ4v) is 4.63. The molecule has 0 radical (unpaired) electrons. The molecular weight excluding hydrogens is 428 g/mol. The van der Waals surface area contributed by atoms with Crippen LogP contribution in [0.4, 0.5) is 0 Å². The van der Waals surface area contributed by atoms with Crippen LogP contribution >= 0.6 is 0 Å². The van der Waals surface area contributed by atoms with Crippen molar-refractivity contribution in [2.45, 2.75) is 122 Å². The van der Waals surface area contributed by atoms with Crippen molar-refractivity contribution in [2.75, 3.05) is 20.8 Å². The molecule has 0 aliphatic carbocycles. The molecule has 1 aromatic carbocycles. The number of unbranched alkanes of at least 4 members (excludes halogenated alkanes) is 16. The molecule has 196 valence electrons. The number of carbonyl (C=O) groups excluding carboxylic acids is 1. The van der Waals surface area contributed by atoms with Gasteiger partial charge >= 0.3 is 0 Å². The standard InChI is InChI=1S/C29H50O5/c1-24-23-26(33-2)29(34-3)28(32)27(24)25(31)21-19-17-15-13-11-9-7-5-4-6-8-10-12-14-16-18-20-22-30/h23,30,32H,4-22H2,1-3H3. The van der Waals surface area contributed by atoms with Crippen LogP contribution < -0.4 is 9.47 Å². The summed E-state index contributed by atoms with van der Waals surface area (Å²) in [6.45, 7) is 2.16. The molecule has 0 spiro atoms. The highest BCUT2D eigenvalue weighted by atomic mass is 16.5. The predicted molar refractivity (Wildman–Crippen MR) is 140 cm³/mol. The van der Waals surface area contributed by atoms with Gasteiger partial charge in [-0.05, 0) is 31.4 Å². The average Bonchev–Trinajstić information content (AvgIpc) is 2.82. The van der Waals surface area contributed by atoms with E-state index < -0.39 is 0 Å². The molecule has 2 N–H and O–H groups in total. The van der Waals surface area contributed by atoms with E-state index in [1.165, 1.54) is 104 Å². The van der Waals surface area contributed by atoms with Crippen molar-refractivity contribution < 1.29 is 24.5 Å². The number of ether oxygens (including phenoxy) is 2. The van der Waals surface area contributed by atoms with Crippen molar-refractivity contribution in [2.24, 2.45) is 0 Å². The summed E-state index contributed by atoms with van der Waals surface area (Å²) in [5.74, 6) is 0.522. The summed E-state index contributed by atoms with van der Waals surface area (Å²) in [4.78, 5) is 12.7. The summed E-state index contributed by atoms with van der Waals surface area (Å²) in [5.41, 5.74) is 1.07. The van der Waals surface area contributed by atoms with Crippen LogP contribution in [0.2, 0.25) is 0 Å². The zero-order valence-electron chi connectivity index (χ0n) is 22.1. The fraction of sp³-hybridized carbons (Fsp3) is 0.759. The van der Waals surface area contributed by atoms with E-state index in [-0.39, 0.29) is 17.3 Å². The lowest BCUT2D eigenvalue weighted by Gasteiger charge is -2.15. The monoisotopic (exact) mass is 478 g/mol. The van der Waals surface area contributed by atoms with Gasteiger partial charge in [-0.1, -0.05) is 96.3 Å². The Morgan fingerprint density at radius 2 is 1.12 bits per heavy atom. The molecule has 5 nitrogen and oxygen atoms in total. The number of ketones is 1. The lowest BCUT2D eigenvalue weighted by molar-refractivity contribution is 0.0975. The van der Waals surface area contributed by atoms with Gasteiger partial charge in [0.1, 0.15) is 0 Å². The minimum atomic E-state index is -0.112. The molecule has 0 aliphatic rings. The SMILES string of the molecule is COc1cc(C)c(C(=O)CCCCCCCCCCCCCCCCCCCO)c(O)c1OC. The molecule has 0 atom stereocenters. The van der Waals surface area contributed by atoms with E-state index >= 15 is 0 Å². The van der Waals surface area contributed by atoms with E-state index in [0.717, 1.165) is 24.8 Å². The summed E-state index contributed by atoms with van der Waals surface area (Å²) in [6, 6.07) is 1.74. The van der Waals surface area contributed by atoms with E-state index in [9.17, 15) is 9.90 Å². The Labute approximate surface area is 208 Å². The molecule has 0 saturated heterocycles. The summed E-state index contributed by atoms with van der Waals surface area (Å²) < 4.78 is 10.5. The molecule has 0 saturated carbocycles. The number of aromatic hydroxyl groups is 1. The number of aliphatic hydroxyl groups excluding tert-OH is 1. The topological polar surface area (TPSA) is 76.0 Å². The maximum Gasteiger partial charge on any atom is 0.203 e. The van der Waals surface area contributed by atoms with Crippen molar-refractivity contribution in [1.82, 2.24) is 0 Å². The van der Waals surface area contributed by atoms with Gasteiger partial charge in [-0.25, -0.2) is 0 Å². The number of benzene rings is 1. The minimum Gasteiger partial charge on any atom is -0.504 e. The van der Waals surface area contributed by atoms with Crippen LogP contribution in [0, 0.1) is 6.92 Å². The Kier molecular flexibility index (Phi) is 17.4. The molecule has 0 amide bonds. The molecule has 5 heteroatoms. The molecular formula is C29H50O5. The molecule has 0 aliphatic heterocycles. The average molecular weight is 479 g/mol. The van der Waals surface area contributed by atoms with Gasteiger partial charge in [-0.3, -0.25) is 4.79 Å². The van der Waals surface area contributed by atoms with Crippen LogP contribution in [-0.4, -0.2) is 36.8 Å². The second-order valence-electron chi connectivity index (χ2n) is 9.56. The van der Waals surface area contributed by atoms with Crippen LogP contribution in [0.5, 0.6) is 17.2 Å². The lowest BCUT2D eigenvalue weighted by Crippen LogP contribution is -2.05. The number of hydrogen-bond donors (Lipinski definition) is 2. The second-order valence-corrected chi connectivity index (χ2v) is 9.56. The number of aryl methyl sites for hydroxylation is 1. The third-order valence-corrected chi connectivity index (χ3v) is 6.68. The molecule has 34 heavy (non-hydrogen) atoms. The van der Waals surface area contributed by atoms with Gasteiger partial charge < -0.3 is 19.7 Å². The summed E-state index contributed by atoms with van der Waals surface area (Å²) in [6.07, 6.45) is 21.7. The maximum atomic E-state index is 12.7. The highest BCUT2D eigenvalue weighted by Crippen LogP contribution is 2.41. The first-order chi connectivity index (χ1) is 16.6. The number of aliphatic hydroxyl groups is 1. The minimum absolute atomic E-state index is 0.0300. The quantitative estimate of drug-likeness (QED) is 0.131. The van der Waals surface area contributed by atoms with E-state index in [0.29, 0.717) is 24.3 Å². The first kappa shape index (κ1) is 30.3. The van der Waals surface area contributed by atoms with Gasteiger partial charge in [-0.2, -0.15) is 0 Å². The van der Waals surface area contributed by atoms with Gasteiger partial charge in [0.2, 0.25) is 5.75 Å². The Hall–Kier alpha value is -1.75. The van der Waals surface area contributed by atoms with E-state index in [1.807, 2.05) is 6.92 Å². The molecule has 0 unspecified atom stereocenters. The highest BCUT2D eigenvalue weighted by Gasteiger charge is 2.21. The van der Waals surface area contributed by atoms with Crippen LogP contribution in [0.25, 0.3) is 0 Å². The first-order valence-corrected chi connectivity index (χ1v) is 13.6. The normalized spacial score (nSPS) is 11.1. The Balaban J connectivity index is 2.01. The Bertz CT molecular complexity index is 671. The van der Waals surface area contributed by atoms with Crippen LogP contribution in [0.1, 0.15) is 131 Å². The van der Waals surface area contributed by atoms with Gasteiger partial charge in [-0.15, -0.1) is 0 Å². The smallest absolute Gasteiger partial charge is 0.203 e. The van der Waals surface area contributed by atoms with Gasteiger partial charge in [0.25, 0.3) is 0 Å². The number of methoxy groups -OCH3 is 2. The zero-order valence-corrected chi connectivity index (χ0v) is 22.1. The summed E-state index contributed by atoms with van der Waals surface area (Å²) in [7, 11) is 2.98. The van der Waals surface area contributed by atoms with Crippen molar-refractivity contribution in [1.29, 1.82) is 0 Å². The van der Waals surface area contributed by atoms with Crippen molar-refractivity contribution in [3.05, 3.63) is 17.2 Å². The van der Waals surface area contributed by atoms with Crippen molar-refractivity contribution in [3.8, 4) is 17.2 Å². The molecule has 0 bridgehead atoms. The number of carbonyl (C=O) groups is 1. The van der Waals surface area contributed by atoms with E-state index in [1.54, 1.807) is 6.07 Å². The van der Waals surface area contributed by atoms with Gasteiger partial charge in [0, 0.05) is 13.0 Å². The third-order valence-electron chi connectivity index (χ3n) is 6.68. The Morgan fingerprint density at radius 1 is 0.706 bits per heavy atom. The second kappa shape index (κ2) is 19.5. The van der Waals surface area contributed by atoms with Gasteiger partial charge in [0.15, 0.2) is 17.3 Å². The number of rotatable bonds is 22. The summed E-state index contributed by atoms with van der Waals surface area (Å²) >= 11 is 0. The van der Waals surface area contributed by atoms with Crippen LogP contribution in [0.3, 0.4) is 0 Å². The third kappa shape index (κ3) is 12.1. The zero-order chi connectivity index (χ0) is 25.0. The summed E-state index contributed by atoms with van der Waals surface area (Å²) in [5, 5.41) is 19.2. The number of Topliss-reactive ketones (excluding diaryl/α,β-unsaturated/α-hetero) is 1. The van der Waals surface area contributed by atoms with Crippen molar-refractivity contribution >= 4 is 5.78 Å². The fourth-order valence-electron chi connectivity index (χ4n) is 4.63. The number of hydrogen-bond acceptors (Lipinski definition) is 5. The molecule has 0 aromatic heterocycles. The lowest BCUT2D eigenvalue weighted by atomic mass is 9.97. The maximum absolute atomic E-state index is 12.7. The predicted octanol–water partition coefficient (Wildman–Crippen LogP) is 7.91. The number of phenolic OH excluding ortho intramolecular Hbond substituents is 1. The molecule has 0 heterocycles. The largest absolute Gasteiger partial charge is 0.504 e.